The van der Waals surface area contributed by atoms with E-state index in [1.54, 1.807) is 40.7 Å². The van der Waals surface area contributed by atoms with Crippen molar-refractivity contribution in [2.24, 2.45) is 0 Å². The second-order valence-electron chi connectivity index (χ2n) is 20.8. The summed E-state index contributed by atoms with van der Waals surface area (Å²) in [5.41, 5.74) is -5.34. The van der Waals surface area contributed by atoms with Crippen molar-refractivity contribution in [2.45, 2.75) is 201 Å². The van der Waals surface area contributed by atoms with Crippen LogP contribution >= 0.6 is 0 Å². The first kappa shape index (κ1) is 50.1. The molecule has 1 aliphatic carbocycles. The number of carbonyl (C=O) groups is 2. The zero-order valence-electron chi connectivity index (χ0n) is 40.9. The lowest BCUT2D eigenvalue weighted by molar-refractivity contribution is -0.396. The van der Waals surface area contributed by atoms with Crippen LogP contribution in [0.1, 0.15) is 113 Å². The maximum atomic E-state index is 14.1. The lowest BCUT2D eigenvalue weighted by Crippen LogP contribution is -2.70. The van der Waals surface area contributed by atoms with Gasteiger partial charge in [0.05, 0.1) is 60.3 Å². The average molecular weight is 993 g/mol. The standard InChI is InChI=1S/C48H64O22/c1-18-12-23-30(34(52)32-31(35(23)57-9)25(13-24(50)33(32)51)65-26-15-44(7,55)39(20(3)62-26)64-22(5)49)36-29(18)37-41-47(59-11,68-36)46(17-60-46)48(69-37,70-41)42(58-10)67-28-16-45(8,56)40(21(4)63-28)66-27-14-43(6,54)38(53)19(2)61-27/h12,19-21,24-28,37-42,50,52-56H,13-17H2,1-11H3. The number of fused-ring (bicyclic) bond motifs is 8. The fourth-order valence-corrected chi connectivity index (χ4v) is 12.4. The summed E-state index contributed by atoms with van der Waals surface area (Å²) in [6, 6.07) is 1.74. The number of aliphatic hydroxyl groups excluding tert-OH is 2. The molecule has 2 aromatic carbocycles. The van der Waals surface area contributed by atoms with Crippen LogP contribution in [-0.2, 0) is 61.6 Å². The number of rotatable bonds is 11. The lowest BCUT2D eigenvalue weighted by atomic mass is 9.77. The van der Waals surface area contributed by atoms with Crippen molar-refractivity contribution >= 4 is 22.5 Å². The van der Waals surface area contributed by atoms with Gasteiger partial charge in [-0.15, -0.1) is 0 Å². The molecule has 22 nitrogen and oxygen atoms in total. The molecule has 1 spiro atoms. The van der Waals surface area contributed by atoms with Gasteiger partial charge in [-0.3, -0.25) is 9.59 Å². The highest BCUT2D eigenvalue weighted by Crippen LogP contribution is 2.72. The van der Waals surface area contributed by atoms with Crippen LogP contribution in [0.2, 0.25) is 0 Å². The van der Waals surface area contributed by atoms with E-state index in [1.165, 1.54) is 42.1 Å². The quantitative estimate of drug-likeness (QED) is 0.106. The number of hydrogen-bond donors (Lipinski definition) is 6. The summed E-state index contributed by atoms with van der Waals surface area (Å²) in [6.45, 7) is 12.5. The Morgan fingerprint density at radius 1 is 0.843 bits per heavy atom. The average Bonchev–Trinajstić information content (AvgIpc) is 3.93. The molecular formula is C48H64O22. The summed E-state index contributed by atoms with van der Waals surface area (Å²) in [6.07, 6.45) is -15.4. The van der Waals surface area contributed by atoms with Crippen molar-refractivity contribution in [1.29, 1.82) is 0 Å². The van der Waals surface area contributed by atoms with Crippen LogP contribution in [0.25, 0.3) is 10.8 Å². The van der Waals surface area contributed by atoms with Gasteiger partial charge in [-0.25, -0.2) is 0 Å². The summed E-state index contributed by atoms with van der Waals surface area (Å²) in [5, 5.41) is 68.6. The molecule has 22 heteroatoms. The normalized spacial score (nSPS) is 46.3. The molecule has 0 aromatic heterocycles. The van der Waals surface area contributed by atoms with E-state index in [-0.39, 0.29) is 60.3 Å². The summed E-state index contributed by atoms with van der Waals surface area (Å²) in [7, 11) is 4.19. The third kappa shape index (κ3) is 7.19. The molecule has 8 aliphatic rings. The first-order valence-corrected chi connectivity index (χ1v) is 23.6. The Morgan fingerprint density at radius 2 is 1.46 bits per heavy atom. The smallest absolute Gasteiger partial charge is 0.303 e. The zero-order valence-corrected chi connectivity index (χ0v) is 40.9. The first-order chi connectivity index (χ1) is 32.8. The number of esters is 1. The molecular weight excluding hydrogens is 929 g/mol. The number of epoxide rings is 1. The van der Waals surface area contributed by atoms with Crippen LogP contribution < -0.4 is 9.47 Å². The molecule has 388 valence electrons. The monoisotopic (exact) mass is 992 g/mol. The fourth-order valence-electron chi connectivity index (χ4n) is 12.4. The Balaban J connectivity index is 0.971. The number of phenolic OH excluding ortho intramolecular Hbond substituents is 1. The molecule has 20 atom stereocenters. The van der Waals surface area contributed by atoms with Gasteiger partial charge in [0.1, 0.15) is 47.3 Å². The van der Waals surface area contributed by atoms with E-state index >= 15 is 0 Å². The third-order valence-electron chi connectivity index (χ3n) is 15.6. The predicted molar refractivity (Wildman–Crippen MR) is 233 cm³/mol. The number of phenols is 1. The highest BCUT2D eigenvalue weighted by molar-refractivity contribution is 6.13. The minimum absolute atomic E-state index is 0.0367. The molecule has 10 rings (SSSR count). The topological polar surface area (TPSA) is 288 Å². The van der Waals surface area contributed by atoms with E-state index in [0.29, 0.717) is 16.5 Å². The largest absolute Gasteiger partial charge is 0.506 e. The molecule has 70 heavy (non-hydrogen) atoms. The minimum Gasteiger partial charge on any atom is -0.506 e. The number of carbonyl (C=O) groups excluding carboxylic acids is 2. The van der Waals surface area contributed by atoms with Crippen molar-refractivity contribution in [2.75, 3.05) is 27.9 Å². The van der Waals surface area contributed by atoms with Crippen molar-refractivity contribution in [1.82, 2.24) is 0 Å². The summed E-state index contributed by atoms with van der Waals surface area (Å²) in [4.78, 5) is 25.9. The molecule has 7 aliphatic heterocycles. The molecule has 0 amide bonds. The molecule has 2 aromatic rings. The summed E-state index contributed by atoms with van der Waals surface area (Å²) in [5.74, 6) is -5.40. The Morgan fingerprint density at radius 3 is 2.06 bits per heavy atom. The van der Waals surface area contributed by atoms with Gasteiger partial charge < -0.3 is 97.0 Å². The van der Waals surface area contributed by atoms with Crippen LogP contribution in [-0.4, -0.2) is 178 Å². The van der Waals surface area contributed by atoms with Gasteiger partial charge in [0.25, 0.3) is 11.6 Å². The van der Waals surface area contributed by atoms with Gasteiger partial charge in [-0.1, -0.05) is 0 Å². The molecule has 0 saturated carbocycles. The van der Waals surface area contributed by atoms with Crippen LogP contribution in [0.4, 0.5) is 0 Å². The molecule has 20 unspecified atom stereocenters. The third-order valence-corrected chi connectivity index (χ3v) is 15.6. The van der Waals surface area contributed by atoms with E-state index in [2.05, 4.69) is 0 Å². The maximum absolute atomic E-state index is 14.1. The van der Waals surface area contributed by atoms with E-state index in [1.807, 2.05) is 0 Å². The van der Waals surface area contributed by atoms with E-state index in [4.69, 9.17) is 66.3 Å². The molecule has 6 saturated heterocycles. The number of Topliss-reactive ketones (excluding diaryl/α,β-unsaturated/α-hetero) is 1. The number of ketones is 1. The number of ether oxygens (including phenoxy) is 14. The SMILES string of the molecule is COc1c2c(c(O)c3c4c(c(C)cc13)C1OC3(C(OC)OC5CC(C)(O)C(OC6CC(C)(O)C(O)C(C)O6)C(C)O5)OC1C(OC)(O4)C31CO1)C(=O)C(O)CC2OC1CC(C)(O)C(OC(C)=O)C(C)O1. The van der Waals surface area contributed by atoms with E-state index < -0.39 is 138 Å². The van der Waals surface area contributed by atoms with Gasteiger partial charge in [-0.2, -0.15) is 0 Å². The number of aryl methyl sites for hydroxylation is 1. The number of benzene rings is 2. The molecule has 0 radical (unpaired) electrons. The Labute approximate surface area is 403 Å². The molecule has 2 bridgehead atoms. The molecule has 7 heterocycles. The van der Waals surface area contributed by atoms with Crippen LogP contribution in [0, 0.1) is 6.92 Å². The number of aromatic hydroxyl groups is 1. The second kappa shape index (κ2) is 16.8. The minimum atomic E-state index is -1.88. The highest BCUT2D eigenvalue weighted by atomic mass is 16.9. The van der Waals surface area contributed by atoms with Gasteiger partial charge in [0.15, 0.2) is 36.9 Å². The Bertz CT molecular complexity index is 2440. The summed E-state index contributed by atoms with van der Waals surface area (Å²) < 4.78 is 88.2. The Kier molecular flexibility index (Phi) is 12.0. The Hall–Kier alpha value is -3.40. The molecule has 6 fully saturated rings. The van der Waals surface area contributed by atoms with Crippen molar-refractivity contribution in [3.63, 3.8) is 0 Å². The number of methoxy groups -OCH3 is 3. The highest BCUT2D eigenvalue weighted by Gasteiger charge is 2.93. The fraction of sp³-hybridized carbons (Fsp3) is 0.750. The van der Waals surface area contributed by atoms with Gasteiger partial charge >= 0.3 is 5.97 Å². The van der Waals surface area contributed by atoms with Crippen LogP contribution in [0.3, 0.4) is 0 Å². The molecule has 6 N–H and O–H groups in total. The van der Waals surface area contributed by atoms with Gasteiger partial charge in [0.2, 0.25) is 11.9 Å². The van der Waals surface area contributed by atoms with E-state index in [9.17, 15) is 40.2 Å². The van der Waals surface area contributed by atoms with E-state index in [0.717, 1.165) is 0 Å². The summed E-state index contributed by atoms with van der Waals surface area (Å²) >= 11 is 0. The lowest BCUT2D eigenvalue weighted by Gasteiger charge is -2.50. The van der Waals surface area contributed by atoms with Crippen LogP contribution in [0.5, 0.6) is 17.2 Å². The van der Waals surface area contributed by atoms with Gasteiger partial charge in [-0.05, 0) is 60.1 Å². The predicted octanol–water partition coefficient (Wildman–Crippen LogP) is 1.86. The van der Waals surface area contributed by atoms with Crippen molar-refractivity contribution in [3.8, 4) is 17.2 Å². The van der Waals surface area contributed by atoms with Gasteiger partial charge in [0, 0.05) is 63.3 Å². The maximum Gasteiger partial charge on any atom is 0.303 e. The second-order valence-corrected chi connectivity index (χ2v) is 20.8. The first-order valence-electron chi connectivity index (χ1n) is 23.6. The zero-order chi connectivity index (χ0) is 50.6. The van der Waals surface area contributed by atoms with Crippen LogP contribution in [0.15, 0.2) is 6.07 Å². The number of hydrogen-bond acceptors (Lipinski definition) is 22. The van der Waals surface area contributed by atoms with Crippen molar-refractivity contribution < 1.29 is 107 Å². The van der Waals surface area contributed by atoms with Crippen molar-refractivity contribution in [3.05, 3.63) is 28.3 Å². The number of aliphatic hydroxyl groups is 5.